The Kier molecular flexibility index (Phi) is 4.15. The van der Waals surface area contributed by atoms with Gasteiger partial charge in [-0.15, -0.1) is 0 Å². The number of likely N-dealkylation sites (tertiary alicyclic amines) is 1. The van der Waals surface area contributed by atoms with E-state index in [0.29, 0.717) is 5.92 Å². The van der Waals surface area contributed by atoms with E-state index in [2.05, 4.69) is 22.9 Å². The lowest BCUT2D eigenvalue weighted by molar-refractivity contribution is 0.112. The van der Waals surface area contributed by atoms with E-state index in [4.69, 9.17) is 4.74 Å². The maximum Gasteiger partial charge on any atom is 0.410 e. The van der Waals surface area contributed by atoms with Crippen molar-refractivity contribution in [2.45, 2.75) is 25.3 Å². The summed E-state index contributed by atoms with van der Waals surface area (Å²) in [6.45, 7) is 0.751. The Bertz CT molecular complexity index is 851. The van der Waals surface area contributed by atoms with Crippen LogP contribution in [0.15, 0.2) is 42.6 Å². The first kappa shape index (κ1) is 15.7. The molecule has 2 aliphatic rings. The summed E-state index contributed by atoms with van der Waals surface area (Å²) in [4.78, 5) is 18.6. The van der Waals surface area contributed by atoms with Crippen LogP contribution in [0, 0.1) is 17.8 Å². The van der Waals surface area contributed by atoms with Gasteiger partial charge in [-0.1, -0.05) is 30.0 Å². The van der Waals surface area contributed by atoms with Gasteiger partial charge >= 0.3 is 6.09 Å². The van der Waals surface area contributed by atoms with E-state index >= 15 is 0 Å². The summed E-state index contributed by atoms with van der Waals surface area (Å²) >= 11 is 0. The van der Waals surface area contributed by atoms with E-state index < -0.39 is 0 Å². The molecule has 2 aromatic rings. The van der Waals surface area contributed by atoms with Gasteiger partial charge < -0.3 is 9.64 Å². The standard InChI is InChI=1S/C21H20N2O2/c1-25-21(24)23-12-11-17-9-10-19-18(20(17)23)13-16(14-22-19)8-7-15-5-3-2-4-6-15/h2-6,13-14,17,20H,9-12H2,1H3/t17-,20+/m0/s1. The zero-order chi connectivity index (χ0) is 17.2. The van der Waals surface area contributed by atoms with Gasteiger partial charge in [-0.2, -0.15) is 0 Å². The summed E-state index contributed by atoms with van der Waals surface area (Å²) in [5.41, 5.74) is 4.09. The molecule has 0 N–H and O–H groups in total. The van der Waals surface area contributed by atoms with Crippen molar-refractivity contribution >= 4 is 6.09 Å². The molecule has 4 nitrogen and oxygen atoms in total. The summed E-state index contributed by atoms with van der Waals surface area (Å²) < 4.78 is 4.97. The number of amides is 1. The SMILES string of the molecule is COC(=O)N1CC[C@@H]2CCc3ncc(C#Cc4ccccc4)cc3[C@@H]21. The summed E-state index contributed by atoms with van der Waals surface area (Å²) in [6, 6.07) is 12.1. The van der Waals surface area contributed by atoms with Gasteiger partial charge in [0.25, 0.3) is 0 Å². The van der Waals surface area contributed by atoms with E-state index in [1.165, 1.54) is 7.11 Å². The van der Waals surface area contributed by atoms with Crippen LogP contribution in [-0.2, 0) is 11.2 Å². The van der Waals surface area contributed by atoms with Gasteiger partial charge in [0.15, 0.2) is 0 Å². The maximum absolute atomic E-state index is 12.1. The number of nitrogens with zero attached hydrogens (tertiary/aromatic N) is 2. The molecule has 1 fully saturated rings. The molecule has 0 bridgehead atoms. The summed E-state index contributed by atoms with van der Waals surface area (Å²) in [6.07, 6.45) is 4.66. The van der Waals surface area contributed by atoms with Crippen LogP contribution >= 0.6 is 0 Å². The fraction of sp³-hybridized carbons (Fsp3) is 0.333. The second-order valence-corrected chi connectivity index (χ2v) is 6.57. The molecule has 1 aromatic heterocycles. The fourth-order valence-corrected chi connectivity index (χ4v) is 3.93. The molecule has 1 aliphatic carbocycles. The molecular weight excluding hydrogens is 312 g/mol. The lowest BCUT2D eigenvalue weighted by atomic mass is 9.82. The lowest BCUT2D eigenvalue weighted by Crippen LogP contribution is -2.34. The number of methoxy groups -OCH3 is 1. The topological polar surface area (TPSA) is 42.4 Å². The van der Waals surface area contributed by atoms with Crippen molar-refractivity contribution in [2.24, 2.45) is 5.92 Å². The molecule has 1 aliphatic heterocycles. The van der Waals surface area contributed by atoms with Gasteiger partial charge in [0.2, 0.25) is 0 Å². The van der Waals surface area contributed by atoms with Crippen molar-refractivity contribution in [1.29, 1.82) is 0 Å². The van der Waals surface area contributed by atoms with E-state index in [9.17, 15) is 4.79 Å². The molecule has 126 valence electrons. The highest BCUT2D eigenvalue weighted by Gasteiger charge is 2.42. The first-order valence-corrected chi connectivity index (χ1v) is 8.67. The third-order valence-corrected chi connectivity index (χ3v) is 5.13. The van der Waals surface area contributed by atoms with E-state index in [0.717, 1.165) is 48.2 Å². The van der Waals surface area contributed by atoms with Crippen LogP contribution in [0.1, 0.15) is 41.3 Å². The first-order chi connectivity index (χ1) is 12.3. The van der Waals surface area contributed by atoms with Crippen LogP contribution < -0.4 is 0 Å². The minimum absolute atomic E-state index is 0.0715. The molecule has 0 spiro atoms. The minimum atomic E-state index is -0.249. The Balaban J connectivity index is 1.68. The van der Waals surface area contributed by atoms with Crippen LogP contribution in [0.4, 0.5) is 4.79 Å². The first-order valence-electron chi connectivity index (χ1n) is 8.67. The number of carbonyl (C=O) groups excluding carboxylic acids is 1. The number of benzene rings is 1. The highest BCUT2D eigenvalue weighted by Crippen LogP contribution is 2.44. The lowest BCUT2D eigenvalue weighted by Gasteiger charge is -2.32. The smallest absolute Gasteiger partial charge is 0.410 e. The Morgan fingerprint density at radius 1 is 1.20 bits per heavy atom. The molecule has 1 amide bonds. The number of hydrogen-bond donors (Lipinski definition) is 0. The van der Waals surface area contributed by atoms with Crippen molar-refractivity contribution in [2.75, 3.05) is 13.7 Å². The van der Waals surface area contributed by atoms with E-state index in [-0.39, 0.29) is 12.1 Å². The molecule has 0 unspecified atom stereocenters. The number of aryl methyl sites for hydroxylation is 1. The summed E-state index contributed by atoms with van der Waals surface area (Å²) in [5.74, 6) is 6.87. The molecule has 0 radical (unpaired) electrons. The molecule has 4 rings (SSSR count). The number of fused-ring (bicyclic) bond motifs is 3. The Labute approximate surface area is 147 Å². The summed E-state index contributed by atoms with van der Waals surface area (Å²) in [7, 11) is 1.44. The van der Waals surface area contributed by atoms with Crippen LogP contribution in [0.3, 0.4) is 0 Å². The zero-order valence-corrected chi connectivity index (χ0v) is 14.2. The highest BCUT2D eigenvalue weighted by atomic mass is 16.5. The Morgan fingerprint density at radius 3 is 2.80 bits per heavy atom. The normalized spacial score (nSPS) is 20.9. The van der Waals surface area contributed by atoms with Gasteiger partial charge in [0, 0.05) is 29.6 Å². The minimum Gasteiger partial charge on any atom is -0.453 e. The molecule has 0 saturated carbocycles. The number of pyridine rings is 1. The third-order valence-electron chi connectivity index (χ3n) is 5.13. The number of ether oxygens (including phenoxy) is 1. The molecule has 2 heterocycles. The average Bonchev–Trinajstić information content (AvgIpc) is 3.11. The van der Waals surface area contributed by atoms with Gasteiger partial charge in [-0.25, -0.2) is 4.79 Å². The molecule has 1 saturated heterocycles. The Morgan fingerprint density at radius 2 is 2.00 bits per heavy atom. The molecule has 25 heavy (non-hydrogen) atoms. The quantitative estimate of drug-likeness (QED) is 0.693. The second-order valence-electron chi connectivity index (χ2n) is 6.57. The second kappa shape index (κ2) is 6.60. The van der Waals surface area contributed by atoms with Crippen LogP contribution in [0.25, 0.3) is 0 Å². The van der Waals surface area contributed by atoms with Gasteiger partial charge in [-0.3, -0.25) is 4.98 Å². The highest BCUT2D eigenvalue weighted by molar-refractivity contribution is 5.69. The fourth-order valence-electron chi connectivity index (χ4n) is 3.93. The van der Waals surface area contributed by atoms with Gasteiger partial charge in [0.05, 0.1) is 13.2 Å². The number of rotatable bonds is 0. The summed E-state index contributed by atoms with van der Waals surface area (Å²) in [5, 5.41) is 0. The van der Waals surface area contributed by atoms with Crippen molar-refractivity contribution in [3.63, 3.8) is 0 Å². The zero-order valence-electron chi connectivity index (χ0n) is 14.2. The monoisotopic (exact) mass is 332 g/mol. The van der Waals surface area contributed by atoms with Crippen molar-refractivity contribution < 1.29 is 9.53 Å². The molecule has 1 aromatic carbocycles. The predicted molar refractivity (Wildman–Crippen MR) is 94.9 cm³/mol. The molecule has 2 atom stereocenters. The van der Waals surface area contributed by atoms with Crippen LogP contribution in [0.5, 0.6) is 0 Å². The van der Waals surface area contributed by atoms with E-state index in [1.54, 1.807) is 0 Å². The predicted octanol–water partition coefficient (Wildman–Crippen LogP) is 3.56. The number of aromatic nitrogens is 1. The number of hydrogen-bond acceptors (Lipinski definition) is 3. The van der Waals surface area contributed by atoms with E-state index in [1.807, 2.05) is 41.4 Å². The maximum atomic E-state index is 12.1. The molecule has 4 heteroatoms. The van der Waals surface area contributed by atoms with Crippen molar-refractivity contribution in [3.8, 4) is 11.8 Å². The van der Waals surface area contributed by atoms with Gasteiger partial charge in [-0.05, 0) is 48.9 Å². The van der Waals surface area contributed by atoms with Gasteiger partial charge in [0.1, 0.15) is 0 Å². The average molecular weight is 332 g/mol. The Hall–Kier alpha value is -2.80. The van der Waals surface area contributed by atoms with Crippen molar-refractivity contribution in [3.05, 3.63) is 65.0 Å². The van der Waals surface area contributed by atoms with Crippen molar-refractivity contribution in [1.82, 2.24) is 9.88 Å². The largest absolute Gasteiger partial charge is 0.453 e. The van der Waals surface area contributed by atoms with Crippen LogP contribution in [-0.4, -0.2) is 29.6 Å². The molecular formula is C21H20N2O2. The number of carbonyl (C=O) groups is 1. The third kappa shape index (κ3) is 2.98. The van der Waals surface area contributed by atoms with Crippen LogP contribution in [0.2, 0.25) is 0 Å².